The van der Waals surface area contributed by atoms with Crippen LogP contribution in [0, 0.1) is 17.3 Å². The lowest BCUT2D eigenvalue weighted by Crippen LogP contribution is -2.83. The number of esters is 5. The third-order valence-electron chi connectivity index (χ3n) is 10.6. The lowest BCUT2D eigenvalue weighted by Gasteiger charge is -2.65. The normalized spacial score (nSPS) is 32.8. The Morgan fingerprint density at radius 1 is 0.820 bits per heavy atom. The van der Waals surface area contributed by atoms with Gasteiger partial charge in [-0.3, -0.25) is 14.4 Å². The standard InChI is InChI=1S/C38H46O12/c1-8-22(2)32(41)48-29-28-30(46-24(4)40)38(50-35(28,5)6)36(7,44)20-19-27(47-33(42)25-15-11-9-12-16-25)37(38,21-45-23(3)39)31(29)49-34(43)26-17-13-10-14-18-26/h9-18,22,27-31,44H,8,19-21H2,1-7H3/t22-,27+,28-,29-,30-,31-,36+,37+,38+/m1/s1. The van der Waals surface area contributed by atoms with Gasteiger partial charge < -0.3 is 33.5 Å². The molecule has 5 rings (SSSR count). The Kier molecular flexibility index (Phi) is 10.2. The van der Waals surface area contributed by atoms with E-state index >= 15 is 0 Å². The first kappa shape index (κ1) is 37.0. The van der Waals surface area contributed by atoms with E-state index < -0.39 is 94.9 Å². The molecule has 0 radical (unpaired) electrons. The smallest absolute Gasteiger partial charge is 0.338 e. The van der Waals surface area contributed by atoms with Crippen molar-refractivity contribution in [2.45, 2.75) is 109 Å². The SMILES string of the molecule is CC[C@@H](C)C(=O)O[C@@H]1[C@@H]2[C@@H](OC(C)=O)[C@@]3(OC2(C)C)[C@@](COC(C)=O)([C@@H](OC(=O)c2ccccc2)CC[C@]3(C)O)[C@@H]1OC(=O)c1ccccc1. The van der Waals surface area contributed by atoms with Crippen molar-refractivity contribution >= 4 is 29.8 Å². The fraction of sp³-hybridized carbons (Fsp3) is 0.553. The van der Waals surface area contributed by atoms with E-state index in [4.69, 9.17) is 28.4 Å². The Morgan fingerprint density at radius 3 is 1.90 bits per heavy atom. The summed E-state index contributed by atoms with van der Waals surface area (Å²) in [6.45, 7) is 10.1. The molecule has 0 unspecified atom stereocenters. The highest BCUT2D eigenvalue weighted by Crippen LogP contribution is 2.69. The Bertz CT molecular complexity index is 1600. The van der Waals surface area contributed by atoms with Crippen LogP contribution in [0.1, 0.15) is 88.4 Å². The number of carbonyl (C=O) groups excluding carboxylic acids is 5. The van der Waals surface area contributed by atoms with Gasteiger partial charge in [-0.05, 0) is 64.3 Å². The summed E-state index contributed by atoms with van der Waals surface area (Å²) in [5.41, 5.74) is -6.90. The third-order valence-corrected chi connectivity index (χ3v) is 10.6. The maximum Gasteiger partial charge on any atom is 0.338 e. The first-order valence-corrected chi connectivity index (χ1v) is 17.0. The monoisotopic (exact) mass is 694 g/mol. The number of rotatable bonds is 10. The van der Waals surface area contributed by atoms with Crippen LogP contribution in [-0.2, 0) is 42.8 Å². The maximum absolute atomic E-state index is 14.1. The van der Waals surface area contributed by atoms with Gasteiger partial charge in [0.1, 0.15) is 30.3 Å². The van der Waals surface area contributed by atoms with Crippen LogP contribution < -0.4 is 0 Å². The van der Waals surface area contributed by atoms with E-state index in [-0.39, 0.29) is 24.0 Å². The Morgan fingerprint density at radius 2 is 1.38 bits per heavy atom. The molecule has 0 aromatic heterocycles. The van der Waals surface area contributed by atoms with Gasteiger partial charge in [-0.25, -0.2) is 9.59 Å². The van der Waals surface area contributed by atoms with Gasteiger partial charge in [0.15, 0.2) is 11.7 Å². The number of aliphatic hydroxyl groups is 1. The second kappa shape index (κ2) is 13.8. The Balaban J connectivity index is 1.84. The highest BCUT2D eigenvalue weighted by molar-refractivity contribution is 5.90. The molecule has 2 bridgehead atoms. The van der Waals surface area contributed by atoms with Crippen molar-refractivity contribution in [2.24, 2.45) is 17.3 Å². The minimum atomic E-state index is -2.05. The number of hydrogen-bond acceptors (Lipinski definition) is 12. The van der Waals surface area contributed by atoms with Gasteiger partial charge in [0, 0.05) is 13.8 Å². The summed E-state index contributed by atoms with van der Waals surface area (Å²) >= 11 is 0. The number of carbonyl (C=O) groups is 5. The molecular weight excluding hydrogens is 648 g/mol. The minimum Gasteiger partial charge on any atom is -0.465 e. The maximum atomic E-state index is 14.1. The Hall–Kier alpha value is -4.29. The molecule has 1 saturated heterocycles. The van der Waals surface area contributed by atoms with Crippen molar-refractivity contribution in [2.75, 3.05) is 6.61 Å². The zero-order valence-electron chi connectivity index (χ0n) is 29.5. The predicted molar refractivity (Wildman–Crippen MR) is 176 cm³/mol. The zero-order chi connectivity index (χ0) is 36.6. The van der Waals surface area contributed by atoms with Gasteiger partial charge in [-0.2, -0.15) is 0 Å². The molecule has 0 amide bonds. The molecule has 1 spiro atoms. The first-order chi connectivity index (χ1) is 23.5. The topological polar surface area (TPSA) is 161 Å². The van der Waals surface area contributed by atoms with Crippen LogP contribution >= 0.6 is 0 Å². The van der Waals surface area contributed by atoms with Crippen molar-refractivity contribution in [1.82, 2.24) is 0 Å². The molecule has 1 N–H and O–H groups in total. The molecule has 9 atom stereocenters. The summed E-state index contributed by atoms with van der Waals surface area (Å²) in [5, 5.41) is 12.6. The van der Waals surface area contributed by atoms with Gasteiger partial charge >= 0.3 is 29.8 Å². The highest BCUT2D eigenvalue weighted by atomic mass is 16.6. The van der Waals surface area contributed by atoms with Crippen molar-refractivity contribution in [3.8, 4) is 0 Å². The molecule has 270 valence electrons. The number of benzene rings is 2. The van der Waals surface area contributed by atoms with E-state index in [1.54, 1.807) is 81.4 Å². The van der Waals surface area contributed by atoms with E-state index in [1.165, 1.54) is 20.8 Å². The van der Waals surface area contributed by atoms with E-state index in [9.17, 15) is 29.1 Å². The number of ether oxygens (including phenoxy) is 6. The molecule has 2 aromatic carbocycles. The molecule has 2 aliphatic carbocycles. The summed E-state index contributed by atoms with van der Waals surface area (Å²) < 4.78 is 37.8. The van der Waals surface area contributed by atoms with Crippen LogP contribution in [0.2, 0.25) is 0 Å². The van der Waals surface area contributed by atoms with Gasteiger partial charge in [0.05, 0.1) is 34.2 Å². The van der Waals surface area contributed by atoms with E-state index in [0.717, 1.165) is 0 Å². The summed E-state index contributed by atoms with van der Waals surface area (Å²) in [5.74, 6) is -5.27. The van der Waals surface area contributed by atoms with Crippen molar-refractivity contribution in [1.29, 1.82) is 0 Å². The fourth-order valence-electron chi connectivity index (χ4n) is 8.23. The molecule has 2 aromatic rings. The first-order valence-electron chi connectivity index (χ1n) is 17.0. The summed E-state index contributed by atoms with van der Waals surface area (Å²) in [6.07, 6.45) is -5.27. The molecule has 1 heterocycles. The lowest BCUT2D eigenvalue weighted by molar-refractivity contribution is -0.347. The molecule has 50 heavy (non-hydrogen) atoms. The van der Waals surface area contributed by atoms with Crippen LogP contribution in [0.4, 0.5) is 0 Å². The molecular formula is C38H46O12. The van der Waals surface area contributed by atoms with Crippen LogP contribution in [0.25, 0.3) is 0 Å². The minimum absolute atomic E-state index is 0.0265. The zero-order valence-corrected chi connectivity index (χ0v) is 29.5. The quantitative estimate of drug-likeness (QED) is 0.272. The molecule has 3 aliphatic rings. The molecule has 12 nitrogen and oxygen atoms in total. The van der Waals surface area contributed by atoms with E-state index in [0.29, 0.717) is 6.42 Å². The van der Waals surface area contributed by atoms with Crippen molar-refractivity contribution < 1.29 is 57.5 Å². The van der Waals surface area contributed by atoms with Crippen LogP contribution in [0.5, 0.6) is 0 Å². The predicted octanol–water partition coefficient (Wildman–Crippen LogP) is 4.60. The summed E-state index contributed by atoms with van der Waals surface area (Å²) in [4.78, 5) is 67.3. The van der Waals surface area contributed by atoms with Crippen molar-refractivity contribution in [3.05, 3.63) is 71.8 Å². The molecule has 2 saturated carbocycles. The van der Waals surface area contributed by atoms with Crippen molar-refractivity contribution in [3.63, 3.8) is 0 Å². The second-order valence-corrected chi connectivity index (χ2v) is 14.3. The van der Waals surface area contributed by atoms with Gasteiger partial charge in [-0.15, -0.1) is 0 Å². The number of fused-ring (bicyclic) bond motifs is 1. The lowest BCUT2D eigenvalue weighted by atomic mass is 9.46. The molecule has 1 aliphatic heterocycles. The Labute approximate surface area is 291 Å². The van der Waals surface area contributed by atoms with E-state index in [1.807, 2.05) is 6.92 Å². The van der Waals surface area contributed by atoms with Crippen LogP contribution in [0.15, 0.2) is 60.7 Å². The van der Waals surface area contributed by atoms with Gasteiger partial charge in [0.25, 0.3) is 0 Å². The average molecular weight is 695 g/mol. The second-order valence-electron chi connectivity index (χ2n) is 14.3. The van der Waals surface area contributed by atoms with Gasteiger partial charge in [0.2, 0.25) is 0 Å². The fourth-order valence-corrected chi connectivity index (χ4v) is 8.23. The van der Waals surface area contributed by atoms with Crippen LogP contribution in [-0.4, -0.2) is 82.8 Å². The number of hydrogen-bond donors (Lipinski definition) is 1. The largest absolute Gasteiger partial charge is 0.465 e. The average Bonchev–Trinajstić information content (AvgIpc) is 3.27. The highest BCUT2D eigenvalue weighted by Gasteiger charge is 2.87. The molecule has 3 fully saturated rings. The van der Waals surface area contributed by atoms with Gasteiger partial charge in [-0.1, -0.05) is 50.2 Å². The third kappa shape index (κ3) is 6.17. The molecule has 12 heteroatoms. The van der Waals surface area contributed by atoms with Crippen LogP contribution in [0.3, 0.4) is 0 Å². The summed E-state index contributed by atoms with van der Waals surface area (Å²) in [6, 6.07) is 16.3. The van der Waals surface area contributed by atoms with E-state index in [2.05, 4.69) is 0 Å². The summed E-state index contributed by atoms with van der Waals surface area (Å²) in [7, 11) is 0.